The van der Waals surface area contributed by atoms with E-state index in [-0.39, 0.29) is 5.91 Å². The first-order chi connectivity index (χ1) is 14.0. The Morgan fingerprint density at radius 1 is 0.931 bits per heavy atom. The summed E-state index contributed by atoms with van der Waals surface area (Å²) in [6.45, 7) is 6.75. The molecule has 10 heteroatoms. The van der Waals surface area contributed by atoms with Crippen molar-refractivity contribution in [3.05, 3.63) is 24.2 Å². The van der Waals surface area contributed by atoms with Crippen LogP contribution >= 0.6 is 0 Å². The first kappa shape index (κ1) is 19.4. The van der Waals surface area contributed by atoms with Crippen molar-refractivity contribution in [2.24, 2.45) is 7.05 Å². The highest BCUT2D eigenvalue weighted by Crippen LogP contribution is 2.22. The van der Waals surface area contributed by atoms with Crippen molar-refractivity contribution in [2.45, 2.75) is 0 Å². The Kier molecular flexibility index (Phi) is 5.52. The predicted molar refractivity (Wildman–Crippen MR) is 110 cm³/mol. The van der Waals surface area contributed by atoms with Gasteiger partial charge >= 0.3 is 0 Å². The number of ether oxygens (including phenoxy) is 1. The van der Waals surface area contributed by atoms with E-state index in [0.29, 0.717) is 24.5 Å². The van der Waals surface area contributed by atoms with Gasteiger partial charge in [0, 0.05) is 71.7 Å². The third kappa shape index (κ3) is 4.12. The molecule has 156 valence electrons. The van der Waals surface area contributed by atoms with Gasteiger partial charge in [0.05, 0.1) is 7.11 Å². The number of carbonyl (C=O) groups excluding carboxylic acids is 1. The molecule has 2 aromatic heterocycles. The molecule has 0 unspecified atom stereocenters. The number of hydrogen-bond donors (Lipinski definition) is 0. The summed E-state index contributed by atoms with van der Waals surface area (Å²) < 4.78 is 6.83. The van der Waals surface area contributed by atoms with Crippen molar-refractivity contribution >= 4 is 17.5 Å². The molecule has 0 atom stereocenters. The van der Waals surface area contributed by atoms with Crippen LogP contribution in [0.25, 0.3) is 0 Å². The minimum atomic E-state index is -0.0459. The second kappa shape index (κ2) is 8.24. The molecule has 2 fully saturated rings. The van der Waals surface area contributed by atoms with Gasteiger partial charge in [-0.25, -0.2) is 9.97 Å². The van der Waals surface area contributed by atoms with E-state index in [0.717, 1.165) is 50.9 Å². The maximum Gasteiger partial charge on any atom is 0.261 e. The van der Waals surface area contributed by atoms with Crippen LogP contribution in [0, 0.1) is 0 Å². The van der Waals surface area contributed by atoms with Crippen LogP contribution in [0.1, 0.15) is 10.4 Å². The van der Waals surface area contributed by atoms with Crippen molar-refractivity contribution < 1.29 is 9.53 Å². The number of hydrogen-bond acceptors (Lipinski definition) is 8. The van der Waals surface area contributed by atoms with Gasteiger partial charge in [0.15, 0.2) is 0 Å². The average molecular weight is 400 g/mol. The van der Waals surface area contributed by atoms with E-state index in [2.05, 4.69) is 42.9 Å². The van der Waals surface area contributed by atoms with Crippen molar-refractivity contribution in [2.75, 3.05) is 76.3 Å². The highest BCUT2D eigenvalue weighted by atomic mass is 16.5. The minimum absolute atomic E-state index is 0.0459. The summed E-state index contributed by atoms with van der Waals surface area (Å²) in [7, 11) is 5.46. The van der Waals surface area contributed by atoms with Gasteiger partial charge in [-0.2, -0.15) is 0 Å². The summed E-state index contributed by atoms with van der Waals surface area (Å²) in [5.41, 5.74) is 0.503. The molecule has 4 rings (SSSR count). The van der Waals surface area contributed by atoms with Crippen LogP contribution in [0.15, 0.2) is 18.6 Å². The van der Waals surface area contributed by atoms with Crippen LogP contribution in [0.3, 0.4) is 0 Å². The lowest BCUT2D eigenvalue weighted by Crippen LogP contribution is -2.49. The molecule has 0 aliphatic carbocycles. The van der Waals surface area contributed by atoms with Gasteiger partial charge in [0.2, 0.25) is 5.88 Å². The molecule has 2 aromatic rings. The Morgan fingerprint density at radius 3 is 2.10 bits per heavy atom. The van der Waals surface area contributed by atoms with Crippen LogP contribution in [0.2, 0.25) is 0 Å². The number of amides is 1. The Labute approximate surface area is 170 Å². The van der Waals surface area contributed by atoms with E-state index in [4.69, 9.17) is 4.74 Å². The Balaban J connectivity index is 1.39. The molecule has 0 saturated carbocycles. The highest BCUT2D eigenvalue weighted by molar-refractivity contribution is 5.96. The first-order valence-corrected chi connectivity index (χ1v) is 9.92. The minimum Gasteiger partial charge on any atom is -0.479 e. The van der Waals surface area contributed by atoms with Crippen LogP contribution in [-0.2, 0) is 7.05 Å². The van der Waals surface area contributed by atoms with E-state index in [9.17, 15) is 4.79 Å². The van der Waals surface area contributed by atoms with E-state index >= 15 is 0 Å². The second-order valence-corrected chi connectivity index (χ2v) is 7.53. The zero-order valence-corrected chi connectivity index (χ0v) is 17.3. The molecule has 4 heterocycles. The summed E-state index contributed by atoms with van der Waals surface area (Å²) >= 11 is 0. The van der Waals surface area contributed by atoms with Crippen LogP contribution < -0.4 is 14.5 Å². The third-order valence-corrected chi connectivity index (χ3v) is 5.58. The van der Waals surface area contributed by atoms with E-state index < -0.39 is 0 Å². The van der Waals surface area contributed by atoms with E-state index in [1.54, 1.807) is 24.3 Å². The van der Waals surface area contributed by atoms with Crippen LogP contribution in [-0.4, -0.2) is 102 Å². The number of rotatable bonds is 4. The quantitative estimate of drug-likeness (QED) is 0.706. The number of aryl methyl sites for hydroxylation is 1. The molecule has 0 aromatic carbocycles. The average Bonchev–Trinajstić information content (AvgIpc) is 3.15. The molecule has 0 bridgehead atoms. The number of methoxy groups -OCH3 is 1. The van der Waals surface area contributed by atoms with Crippen LogP contribution in [0.5, 0.6) is 5.88 Å². The summed E-state index contributed by atoms with van der Waals surface area (Å²) in [6, 6.07) is 2.06. The standard InChI is InChI=1S/C19H28N8O2/c1-23-4-6-25(7-5-23)16-12-17(21-14-20-16)26-8-10-27(11-9-26)19(28)15-13-24(2)22-18(15)29-3/h12-14H,4-11H2,1-3H3. The second-order valence-electron chi connectivity index (χ2n) is 7.53. The monoisotopic (exact) mass is 400 g/mol. The lowest BCUT2D eigenvalue weighted by molar-refractivity contribution is 0.0743. The number of carbonyl (C=O) groups is 1. The van der Waals surface area contributed by atoms with Crippen LogP contribution in [0.4, 0.5) is 11.6 Å². The van der Waals surface area contributed by atoms with Gasteiger partial charge in [0.25, 0.3) is 5.91 Å². The number of likely N-dealkylation sites (N-methyl/N-ethyl adjacent to an activating group) is 1. The third-order valence-electron chi connectivity index (χ3n) is 5.58. The summed E-state index contributed by atoms with van der Waals surface area (Å²) in [6.07, 6.45) is 3.35. The molecule has 2 aliphatic rings. The lowest BCUT2D eigenvalue weighted by atomic mass is 10.2. The summed E-state index contributed by atoms with van der Waals surface area (Å²) in [5, 5.41) is 4.18. The molecule has 10 nitrogen and oxygen atoms in total. The van der Waals surface area contributed by atoms with Gasteiger partial charge in [0.1, 0.15) is 23.5 Å². The Hall–Kier alpha value is -2.88. The highest BCUT2D eigenvalue weighted by Gasteiger charge is 2.27. The smallest absolute Gasteiger partial charge is 0.261 e. The Bertz CT molecular complexity index is 854. The van der Waals surface area contributed by atoms with Crippen molar-refractivity contribution in [1.29, 1.82) is 0 Å². The van der Waals surface area contributed by atoms with Crippen molar-refractivity contribution in [3.8, 4) is 5.88 Å². The maximum absolute atomic E-state index is 12.9. The molecule has 1 amide bonds. The predicted octanol–water partition coefficient (Wildman–Crippen LogP) is -0.0671. The zero-order valence-electron chi connectivity index (χ0n) is 17.3. The van der Waals surface area contributed by atoms with Gasteiger partial charge in [-0.05, 0) is 7.05 Å². The number of aromatic nitrogens is 4. The molecular formula is C19H28N8O2. The molecule has 29 heavy (non-hydrogen) atoms. The molecule has 2 aliphatic heterocycles. The molecule has 2 saturated heterocycles. The number of anilines is 2. The number of piperazine rings is 2. The topological polar surface area (TPSA) is 82.9 Å². The van der Waals surface area contributed by atoms with Gasteiger partial charge in [-0.15, -0.1) is 5.10 Å². The van der Waals surface area contributed by atoms with E-state index in [1.807, 2.05) is 4.90 Å². The molecule has 0 N–H and O–H groups in total. The van der Waals surface area contributed by atoms with Crippen molar-refractivity contribution in [1.82, 2.24) is 29.5 Å². The Morgan fingerprint density at radius 2 is 1.52 bits per heavy atom. The van der Waals surface area contributed by atoms with Gasteiger partial charge in [-0.3, -0.25) is 9.48 Å². The molecule has 0 spiro atoms. The fraction of sp³-hybridized carbons (Fsp3) is 0.579. The zero-order chi connectivity index (χ0) is 20.4. The normalized spacial score (nSPS) is 18.2. The maximum atomic E-state index is 12.9. The molecular weight excluding hydrogens is 372 g/mol. The lowest BCUT2D eigenvalue weighted by Gasteiger charge is -2.36. The SMILES string of the molecule is COc1nn(C)cc1C(=O)N1CCN(c2cc(N3CCN(C)CC3)ncn2)CC1. The van der Waals surface area contributed by atoms with Crippen molar-refractivity contribution in [3.63, 3.8) is 0 Å². The van der Waals surface area contributed by atoms with E-state index in [1.165, 1.54) is 7.11 Å². The summed E-state index contributed by atoms with van der Waals surface area (Å²) in [4.78, 5) is 30.5. The molecule has 0 radical (unpaired) electrons. The fourth-order valence-electron chi connectivity index (χ4n) is 3.79. The van der Waals surface area contributed by atoms with Gasteiger partial charge in [-0.1, -0.05) is 0 Å². The number of nitrogens with zero attached hydrogens (tertiary/aromatic N) is 8. The summed E-state index contributed by atoms with van der Waals surface area (Å²) in [5.74, 6) is 2.21. The first-order valence-electron chi connectivity index (χ1n) is 9.92. The fourth-order valence-corrected chi connectivity index (χ4v) is 3.79. The van der Waals surface area contributed by atoms with Gasteiger partial charge < -0.3 is 24.3 Å². The largest absolute Gasteiger partial charge is 0.479 e.